The maximum Gasteiger partial charge on any atom is 0.251 e. The highest BCUT2D eigenvalue weighted by Gasteiger charge is 2.19. The van der Waals surface area contributed by atoms with Crippen molar-refractivity contribution in [2.75, 3.05) is 12.4 Å². The predicted octanol–water partition coefficient (Wildman–Crippen LogP) is 4.22. The SMILES string of the molecule is CC(C)(CCCl)CNC(=O)c1cccc2ccccc12. The molecule has 2 aromatic rings. The van der Waals surface area contributed by atoms with Gasteiger partial charge in [-0.1, -0.05) is 50.2 Å². The third-order valence-electron chi connectivity index (χ3n) is 3.53. The summed E-state index contributed by atoms with van der Waals surface area (Å²) in [5.41, 5.74) is 0.743. The zero-order valence-corrected chi connectivity index (χ0v) is 12.7. The molecule has 0 saturated carbocycles. The molecule has 2 rings (SSSR count). The normalized spacial score (nSPS) is 11.6. The number of carbonyl (C=O) groups is 1. The fraction of sp³-hybridized carbons (Fsp3) is 0.353. The van der Waals surface area contributed by atoms with E-state index in [0.29, 0.717) is 12.4 Å². The predicted molar refractivity (Wildman–Crippen MR) is 85.4 cm³/mol. The molecule has 0 heterocycles. The molecule has 0 aliphatic carbocycles. The van der Waals surface area contributed by atoms with Crippen LogP contribution in [0.5, 0.6) is 0 Å². The molecule has 0 spiro atoms. The molecule has 20 heavy (non-hydrogen) atoms. The zero-order chi connectivity index (χ0) is 14.6. The number of halogens is 1. The fourth-order valence-corrected chi connectivity index (χ4v) is 2.69. The molecule has 2 aromatic carbocycles. The van der Waals surface area contributed by atoms with Crippen LogP contribution in [0.2, 0.25) is 0 Å². The van der Waals surface area contributed by atoms with Crippen molar-refractivity contribution < 1.29 is 4.79 Å². The average molecular weight is 290 g/mol. The second kappa shape index (κ2) is 6.27. The Morgan fingerprint density at radius 3 is 2.60 bits per heavy atom. The molecule has 0 unspecified atom stereocenters. The average Bonchev–Trinajstić information content (AvgIpc) is 2.44. The summed E-state index contributed by atoms with van der Waals surface area (Å²) in [6.07, 6.45) is 0.879. The van der Waals surface area contributed by atoms with Gasteiger partial charge in [0, 0.05) is 18.0 Å². The summed E-state index contributed by atoms with van der Waals surface area (Å²) in [7, 11) is 0. The summed E-state index contributed by atoms with van der Waals surface area (Å²) in [4.78, 5) is 12.4. The van der Waals surface area contributed by atoms with Crippen molar-refractivity contribution in [3.63, 3.8) is 0 Å². The lowest BCUT2D eigenvalue weighted by atomic mass is 9.90. The van der Waals surface area contributed by atoms with Gasteiger partial charge in [0.2, 0.25) is 0 Å². The maximum atomic E-state index is 12.4. The van der Waals surface area contributed by atoms with Crippen LogP contribution in [0.25, 0.3) is 10.8 Å². The largest absolute Gasteiger partial charge is 0.351 e. The van der Waals surface area contributed by atoms with E-state index in [1.54, 1.807) is 0 Å². The molecular formula is C17H20ClNO. The van der Waals surface area contributed by atoms with Crippen molar-refractivity contribution >= 4 is 28.3 Å². The number of nitrogens with one attached hydrogen (secondary N) is 1. The number of benzene rings is 2. The molecule has 0 aliphatic heterocycles. The molecule has 0 atom stereocenters. The van der Waals surface area contributed by atoms with E-state index in [4.69, 9.17) is 11.6 Å². The van der Waals surface area contributed by atoms with Gasteiger partial charge in [0.15, 0.2) is 0 Å². The van der Waals surface area contributed by atoms with Gasteiger partial charge < -0.3 is 5.32 Å². The minimum atomic E-state index is -0.0237. The Kier molecular flexibility index (Phi) is 4.66. The summed E-state index contributed by atoms with van der Waals surface area (Å²) in [6, 6.07) is 13.7. The van der Waals surface area contributed by atoms with Crippen molar-refractivity contribution in [3.8, 4) is 0 Å². The molecule has 3 heteroatoms. The number of amides is 1. The first-order valence-electron chi connectivity index (χ1n) is 6.85. The number of rotatable bonds is 5. The quantitative estimate of drug-likeness (QED) is 0.820. The van der Waals surface area contributed by atoms with Crippen LogP contribution in [-0.2, 0) is 0 Å². The highest BCUT2D eigenvalue weighted by atomic mass is 35.5. The Morgan fingerprint density at radius 1 is 1.15 bits per heavy atom. The Labute approximate surface area is 125 Å². The highest BCUT2D eigenvalue weighted by Crippen LogP contribution is 2.21. The summed E-state index contributed by atoms with van der Waals surface area (Å²) in [5.74, 6) is 0.585. The first-order chi connectivity index (χ1) is 9.53. The van der Waals surface area contributed by atoms with E-state index in [2.05, 4.69) is 19.2 Å². The second-order valence-electron chi connectivity index (χ2n) is 5.81. The van der Waals surface area contributed by atoms with Crippen LogP contribution in [0.15, 0.2) is 42.5 Å². The number of alkyl halides is 1. The minimum absolute atomic E-state index is 0.0159. The van der Waals surface area contributed by atoms with Crippen LogP contribution >= 0.6 is 11.6 Å². The molecule has 0 fully saturated rings. The van der Waals surface area contributed by atoms with E-state index in [0.717, 1.165) is 22.8 Å². The second-order valence-corrected chi connectivity index (χ2v) is 6.19. The lowest BCUT2D eigenvalue weighted by molar-refractivity contribution is 0.0937. The van der Waals surface area contributed by atoms with Gasteiger partial charge in [0.1, 0.15) is 0 Å². The van der Waals surface area contributed by atoms with Crippen LogP contribution < -0.4 is 5.32 Å². The van der Waals surface area contributed by atoms with E-state index >= 15 is 0 Å². The molecule has 1 N–H and O–H groups in total. The number of fused-ring (bicyclic) bond motifs is 1. The van der Waals surface area contributed by atoms with Crippen molar-refractivity contribution in [1.29, 1.82) is 0 Å². The zero-order valence-electron chi connectivity index (χ0n) is 11.9. The highest BCUT2D eigenvalue weighted by molar-refractivity contribution is 6.17. The van der Waals surface area contributed by atoms with Crippen molar-refractivity contribution in [2.24, 2.45) is 5.41 Å². The van der Waals surface area contributed by atoms with Crippen LogP contribution in [-0.4, -0.2) is 18.3 Å². The number of hydrogen-bond donors (Lipinski definition) is 1. The van der Waals surface area contributed by atoms with Gasteiger partial charge in [0.25, 0.3) is 5.91 Å². The molecule has 1 amide bonds. The van der Waals surface area contributed by atoms with E-state index in [1.807, 2.05) is 42.5 Å². The van der Waals surface area contributed by atoms with E-state index in [1.165, 1.54) is 0 Å². The van der Waals surface area contributed by atoms with Gasteiger partial charge in [-0.15, -0.1) is 11.6 Å². The fourth-order valence-electron chi connectivity index (χ4n) is 2.18. The summed E-state index contributed by atoms with van der Waals surface area (Å²) in [5, 5.41) is 5.09. The molecule has 0 saturated heterocycles. The van der Waals surface area contributed by atoms with E-state index < -0.39 is 0 Å². The monoisotopic (exact) mass is 289 g/mol. The molecule has 0 aliphatic rings. The summed E-state index contributed by atoms with van der Waals surface area (Å²) >= 11 is 5.78. The molecule has 0 radical (unpaired) electrons. The van der Waals surface area contributed by atoms with Gasteiger partial charge in [-0.3, -0.25) is 4.79 Å². The molecule has 0 aromatic heterocycles. The molecule has 106 valence electrons. The smallest absolute Gasteiger partial charge is 0.251 e. The minimum Gasteiger partial charge on any atom is -0.351 e. The Hall–Kier alpha value is -1.54. The molecule has 2 nitrogen and oxygen atoms in total. The van der Waals surface area contributed by atoms with Crippen LogP contribution in [0.1, 0.15) is 30.6 Å². The van der Waals surface area contributed by atoms with Gasteiger partial charge in [-0.05, 0) is 28.7 Å². The Morgan fingerprint density at radius 2 is 1.85 bits per heavy atom. The number of carbonyl (C=O) groups excluding carboxylic acids is 1. The maximum absolute atomic E-state index is 12.4. The molecule has 0 bridgehead atoms. The van der Waals surface area contributed by atoms with Gasteiger partial charge in [-0.2, -0.15) is 0 Å². The van der Waals surface area contributed by atoms with Crippen LogP contribution in [0.4, 0.5) is 0 Å². The third-order valence-corrected chi connectivity index (χ3v) is 3.72. The first-order valence-corrected chi connectivity index (χ1v) is 7.39. The van der Waals surface area contributed by atoms with Gasteiger partial charge in [-0.25, -0.2) is 0 Å². The lowest BCUT2D eigenvalue weighted by Gasteiger charge is -2.24. The Bertz CT molecular complexity index is 601. The number of hydrogen-bond acceptors (Lipinski definition) is 1. The summed E-state index contributed by atoms with van der Waals surface area (Å²) < 4.78 is 0. The van der Waals surface area contributed by atoms with Gasteiger partial charge >= 0.3 is 0 Å². The topological polar surface area (TPSA) is 29.1 Å². The van der Waals surface area contributed by atoms with E-state index in [9.17, 15) is 4.79 Å². The van der Waals surface area contributed by atoms with Crippen molar-refractivity contribution in [2.45, 2.75) is 20.3 Å². The van der Waals surface area contributed by atoms with Crippen LogP contribution in [0, 0.1) is 5.41 Å². The Balaban J connectivity index is 2.16. The third kappa shape index (κ3) is 3.51. The van der Waals surface area contributed by atoms with Crippen molar-refractivity contribution in [3.05, 3.63) is 48.0 Å². The van der Waals surface area contributed by atoms with E-state index in [-0.39, 0.29) is 11.3 Å². The van der Waals surface area contributed by atoms with Gasteiger partial charge in [0.05, 0.1) is 0 Å². The lowest BCUT2D eigenvalue weighted by Crippen LogP contribution is -2.34. The van der Waals surface area contributed by atoms with Crippen LogP contribution in [0.3, 0.4) is 0 Å². The summed E-state index contributed by atoms with van der Waals surface area (Å²) in [6.45, 7) is 4.85. The first kappa shape index (κ1) is 14.9. The molecular weight excluding hydrogens is 270 g/mol. The van der Waals surface area contributed by atoms with Crippen molar-refractivity contribution in [1.82, 2.24) is 5.32 Å². The standard InChI is InChI=1S/C17H20ClNO/c1-17(2,10-11-18)12-19-16(20)15-9-5-7-13-6-3-4-8-14(13)15/h3-9H,10-12H2,1-2H3,(H,19,20).